The molecule has 0 saturated heterocycles. The van der Waals surface area contributed by atoms with Crippen molar-refractivity contribution in [3.63, 3.8) is 0 Å². The minimum absolute atomic E-state index is 0.0160. The van der Waals surface area contributed by atoms with E-state index in [1.165, 1.54) is 4.88 Å². The van der Waals surface area contributed by atoms with E-state index in [2.05, 4.69) is 47.5 Å². The highest BCUT2D eigenvalue weighted by Gasteiger charge is 2.12. The van der Waals surface area contributed by atoms with Crippen LogP contribution in [0.5, 0.6) is 5.75 Å². The van der Waals surface area contributed by atoms with E-state index >= 15 is 0 Å². The van der Waals surface area contributed by atoms with Crippen LogP contribution in [0, 0.1) is 0 Å². The Hall–Kier alpha value is -2.15. The molecule has 2 aromatic heterocycles. The molecule has 5 nitrogen and oxygen atoms in total. The lowest BCUT2D eigenvalue weighted by Crippen LogP contribution is -2.42. The summed E-state index contributed by atoms with van der Waals surface area (Å²) in [5.74, 6) is 1.70. The molecular formula is C21H27N3O2S. The second-order valence-electron chi connectivity index (χ2n) is 7.63. The van der Waals surface area contributed by atoms with Gasteiger partial charge in [0.2, 0.25) is 0 Å². The van der Waals surface area contributed by atoms with Crippen molar-refractivity contribution in [2.24, 2.45) is 0 Å². The number of ether oxygens (including phenoxy) is 1. The molecule has 3 rings (SSSR count). The van der Waals surface area contributed by atoms with Gasteiger partial charge in [0.15, 0.2) is 0 Å². The molecule has 1 atom stereocenters. The first-order valence-electron chi connectivity index (χ1n) is 9.12. The Morgan fingerprint density at radius 2 is 2.00 bits per heavy atom. The van der Waals surface area contributed by atoms with Crippen molar-refractivity contribution in [2.75, 3.05) is 13.2 Å². The molecule has 0 fully saturated rings. The molecule has 0 amide bonds. The highest BCUT2D eigenvalue weighted by molar-refractivity contribution is 7.13. The molecule has 144 valence electrons. The second-order valence-corrected chi connectivity index (χ2v) is 8.57. The minimum atomic E-state index is -0.539. The lowest BCUT2D eigenvalue weighted by molar-refractivity contribution is 0.100. The molecule has 2 heterocycles. The Morgan fingerprint density at radius 1 is 1.22 bits per heavy atom. The summed E-state index contributed by atoms with van der Waals surface area (Å²) in [7, 11) is 0. The highest BCUT2D eigenvalue weighted by Crippen LogP contribution is 2.23. The van der Waals surface area contributed by atoms with Gasteiger partial charge in [-0.3, -0.25) is 0 Å². The van der Waals surface area contributed by atoms with Crippen molar-refractivity contribution < 1.29 is 9.84 Å². The van der Waals surface area contributed by atoms with Crippen LogP contribution in [0.15, 0.2) is 48.0 Å². The summed E-state index contributed by atoms with van der Waals surface area (Å²) in [4.78, 5) is 9.07. The number of β-amino-alcohol motifs (C(OH)–C–C–N with tert-alkyl or cyclic N) is 1. The summed E-state index contributed by atoms with van der Waals surface area (Å²) >= 11 is 1.69. The Kier molecular flexibility index (Phi) is 6.31. The van der Waals surface area contributed by atoms with Crippen LogP contribution in [0.25, 0.3) is 10.6 Å². The quantitative estimate of drug-likeness (QED) is 0.551. The normalized spacial score (nSPS) is 12.9. The lowest BCUT2D eigenvalue weighted by atomic mass is 10.1. The smallest absolute Gasteiger partial charge is 0.119 e. The maximum atomic E-state index is 10.0. The van der Waals surface area contributed by atoms with E-state index in [1.54, 1.807) is 11.3 Å². The van der Waals surface area contributed by atoms with Crippen LogP contribution in [-0.2, 0) is 6.42 Å². The third-order valence-corrected chi connectivity index (χ3v) is 4.90. The Morgan fingerprint density at radius 3 is 2.67 bits per heavy atom. The largest absolute Gasteiger partial charge is 0.491 e. The minimum Gasteiger partial charge on any atom is -0.491 e. The molecule has 0 aliphatic heterocycles. The number of aromatic amines is 1. The highest BCUT2D eigenvalue weighted by atomic mass is 32.1. The molecule has 3 aromatic rings. The first-order valence-corrected chi connectivity index (χ1v) is 10.00. The van der Waals surface area contributed by atoms with E-state index in [1.807, 2.05) is 36.5 Å². The third-order valence-electron chi connectivity index (χ3n) is 4.01. The number of hydrogen-bond donors (Lipinski definition) is 3. The molecule has 0 saturated carbocycles. The van der Waals surface area contributed by atoms with Crippen LogP contribution in [0.3, 0.4) is 0 Å². The molecule has 1 unspecified atom stereocenters. The number of nitrogens with one attached hydrogen (secondary N) is 2. The van der Waals surface area contributed by atoms with Gasteiger partial charge in [-0.25, -0.2) is 4.98 Å². The number of rotatable bonds is 8. The zero-order valence-electron chi connectivity index (χ0n) is 16.0. The Bertz CT molecular complexity index is 820. The van der Waals surface area contributed by atoms with Crippen molar-refractivity contribution in [3.05, 3.63) is 59.4 Å². The van der Waals surface area contributed by atoms with Gasteiger partial charge in [0, 0.05) is 24.7 Å². The second kappa shape index (κ2) is 8.69. The third kappa shape index (κ3) is 6.20. The molecular weight excluding hydrogens is 358 g/mol. The maximum absolute atomic E-state index is 10.0. The first-order chi connectivity index (χ1) is 12.9. The summed E-state index contributed by atoms with van der Waals surface area (Å²) < 4.78 is 5.68. The van der Waals surface area contributed by atoms with Gasteiger partial charge < -0.3 is 20.1 Å². The standard InChI is InChI=1S/C21H27N3O2S/c1-21(2,3)23-12-16(25)14-26-17-8-6-15(7-9-17)11-20-22-13-18(24-20)19-5-4-10-27-19/h4-10,13,16,23,25H,11-12,14H2,1-3H3,(H,22,24). The first kappa shape index (κ1) is 19.6. The van der Waals surface area contributed by atoms with Crippen LogP contribution < -0.4 is 10.1 Å². The number of benzene rings is 1. The van der Waals surface area contributed by atoms with E-state index < -0.39 is 6.10 Å². The molecule has 27 heavy (non-hydrogen) atoms. The number of imidazole rings is 1. The molecule has 0 spiro atoms. The average Bonchev–Trinajstić information content (AvgIpc) is 3.30. The van der Waals surface area contributed by atoms with Crippen LogP contribution >= 0.6 is 11.3 Å². The number of thiophene rings is 1. The van der Waals surface area contributed by atoms with Gasteiger partial charge in [-0.1, -0.05) is 18.2 Å². The zero-order valence-corrected chi connectivity index (χ0v) is 16.8. The van der Waals surface area contributed by atoms with Gasteiger partial charge in [0.25, 0.3) is 0 Å². The van der Waals surface area contributed by atoms with Crippen molar-refractivity contribution in [2.45, 2.75) is 38.8 Å². The van der Waals surface area contributed by atoms with Crippen molar-refractivity contribution >= 4 is 11.3 Å². The SMILES string of the molecule is CC(C)(C)NCC(O)COc1ccc(Cc2nc(-c3cccs3)c[nH]2)cc1. The summed E-state index contributed by atoms with van der Waals surface area (Å²) in [6.45, 7) is 6.99. The monoisotopic (exact) mass is 385 g/mol. The predicted octanol–water partition coefficient (Wildman–Crippen LogP) is 3.86. The van der Waals surface area contributed by atoms with E-state index in [9.17, 15) is 5.11 Å². The molecule has 0 aliphatic carbocycles. The van der Waals surface area contributed by atoms with E-state index in [0.29, 0.717) is 6.54 Å². The van der Waals surface area contributed by atoms with Gasteiger partial charge in [0.05, 0.1) is 10.6 Å². The molecule has 6 heteroatoms. The Labute approximate surface area is 164 Å². The summed E-state index contributed by atoms with van der Waals surface area (Å²) in [6, 6.07) is 12.0. The molecule has 0 radical (unpaired) electrons. The number of H-pyrrole nitrogens is 1. The predicted molar refractivity (Wildman–Crippen MR) is 110 cm³/mol. The molecule has 1 aromatic carbocycles. The fraction of sp³-hybridized carbons (Fsp3) is 0.381. The topological polar surface area (TPSA) is 70.2 Å². The van der Waals surface area contributed by atoms with E-state index in [-0.39, 0.29) is 12.1 Å². The average molecular weight is 386 g/mol. The number of hydrogen-bond acceptors (Lipinski definition) is 5. The number of aliphatic hydroxyl groups excluding tert-OH is 1. The Balaban J connectivity index is 1.49. The van der Waals surface area contributed by atoms with Gasteiger partial charge in [-0.2, -0.15) is 0 Å². The van der Waals surface area contributed by atoms with Crippen molar-refractivity contribution in [3.8, 4) is 16.3 Å². The molecule has 3 N–H and O–H groups in total. The zero-order chi connectivity index (χ0) is 19.3. The fourth-order valence-electron chi connectivity index (χ4n) is 2.57. The fourth-order valence-corrected chi connectivity index (χ4v) is 3.26. The number of aromatic nitrogens is 2. The van der Waals surface area contributed by atoms with E-state index in [4.69, 9.17) is 4.74 Å². The number of aliphatic hydroxyl groups is 1. The number of nitrogens with zero attached hydrogens (tertiary/aromatic N) is 1. The van der Waals surface area contributed by atoms with Crippen LogP contribution in [0.2, 0.25) is 0 Å². The molecule has 0 bridgehead atoms. The van der Waals surface area contributed by atoms with Crippen LogP contribution in [0.1, 0.15) is 32.2 Å². The van der Waals surface area contributed by atoms with Gasteiger partial charge in [0.1, 0.15) is 24.3 Å². The van der Waals surface area contributed by atoms with Crippen molar-refractivity contribution in [1.29, 1.82) is 0 Å². The van der Waals surface area contributed by atoms with Crippen molar-refractivity contribution in [1.82, 2.24) is 15.3 Å². The summed E-state index contributed by atoms with van der Waals surface area (Å²) in [5, 5.41) is 15.3. The van der Waals surface area contributed by atoms with Crippen LogP contribution in [0.4, 0.5) is 0 Å². The van der Waals surface area contributed by atoms with Gasteiger partial charge in [-0.05, 0) is 49.9 Å². The maximum Gasteiger partial charge on any atom is 0.119 e. The van der Waals surface area contributed by atoms with E-state index in [0.717, 1.165) is 29.3 Å². The van der Waals surface area contributed by atoms with Crippen LogP contribution in [-0.4, -0.2) is 39.9 Å². The lowest BCUT2D eigenvalue weighted by Gasteiger charge is -2.23. The molecule has 0 aliphatic rings. The van der Waals surface area contributed by atoms with Gasteiger partial charge >= 0.3 is 0 Å². The van der Waals surface area contributed by atoms with Gasteiger partial charge in [-0.15, -0.1) is 11.3 Å². The summed E-state index contributed by atoms with van der Waals surface area (Å²) in [6.07, 6.45) is 2.15. The summed E-state index contributed by atoms with van der Waals surface area (Å²) in [5.41, 5.74) is 2.12.